The van der Waals surface area contributed by atoms with Crippen LogP contribution in [0.4, 0.5) is 16.3 Å². The fourth-order valence-corrected chi connectivity index (χ4v) is 2.82. The maximum absolute atomic E-state index is 12.4. The average molecular weight is 310 g/mol. The summed E-state index contributed by atoms with van der Waals surface area (Å²) in [6, 6.07) is 15.9. The maximum Gasteiger partial charge on any atom is 0.323 e. The maximum atomic E-state index is 12.4. The lowest BCUT2D eigenvalue weighted by Gasteiger charge is -2.23. The fourth-order valence-electron chi connectivity index (χ4n) is 2.82. The largest absolute Gasteiger partial charge is 0.370 e. The molecular formula is C18H22N4O. The Kier molecular flexibility index (Phi) is 4.76. The van der Waals surface area contributed by atoms with Crippen LogP contribution in [0.25, 0.3) is 0 Å². The molecule has 1 aromatic carbocycles. The Labute approximate surface area is 136 Å². The van der Waals surface area contributed by atoms with Gasteiger partial charge in [-0.3, -0.25) is 5.32 Å². The van der Waals surface area contributed by atoms with Crippen LogP contribution >= 0.6 is 0 Å². The second-order valence-electron chi connectivity index (χ2n) is 5.76. The first-order valence-corrected chi connectivity index (χ1v) is 8.02. The van der Waals surface area contributed by atoms with E-state index in [9.17, 15) is 4.79 Å². The number of rotatable bonds is 2. The van der Waals surface area contributed by atoms with Gasteiger partial charge in [-0.05, 0) is 37.6 Å². The van der Waals surface area contributed by atoms with Gasteiger partial charge in [0.1, 0.15) is 5.82 Å². The Morgan fingerprint density at radius 3 is 2.61 bits per heavy atom. The van der Waals surface area contributed by atoms with Crippen molar-refractivity contribution in [3.05, 3.63) is 54.2 Å². The molecule has 0 saturated carbocycles. The Bertz CT molecular complexity index is 659. The summed E-state index contributed by atoms with van der Waals surface area (Å²) < 4.78 is 0. The minimum Gasteiger partial charge on any atom is -0.370 e. The highest BCUT2D eigenvalue weighted by Gasteiger charge is 2.19. The first kappa shape index (κ1) is 15.3. The third-order valence-corrected chi connectivity index (χ3v) is 4.03. The standard InChI is InChI=1S/C18H22N4O/c1-15-7-5-10-17(19-15)20-18(23)22-12-6-11-21(13-14-22)16-8-3-2-4-9-16/h2-5,7-10H,6,11-14H2,1H3,(H,19,20,23). The number of carbonyl (C=O) groups is 1. The number of hydrogen-bond acceptors (Lipinski definition) is 3. The summed E-state index contributed by atoms with van der Waals surface area (Å²) in [7, 11) is 0. The number of para-hydroxylation sites is 1. The topological polar surface area (TPSA) is 48.5 Å². The molecule has 1 aliphatic rings. The molecule has 23 heavy (non-hydrogen) atoms. The van der Waals surface area contributed by atoms with E-state index >= 15 is 0 Å². The number of aryl methyl sites for hydroxylation is 1. The first-order valence-electron chi connectivity index (χ1n) is 8.02. The zero-order chi connectivity index (χ0) is 16.1. The zero-order valence-corrected chi connectivity index (χ0v) is 13.4. The molecule has 2 amide bonds. The molecule has 2 aromatic rings. The van der Waals surface area contributed by atoms with E-state index < -0.39 is 0 Å². The number of hydrogen-bond donors (Lipinski definition) is 1. The average Bonchev–Trinajstić information content (AvgIpc) is 2.82. The summed E-state index contributed by atoms with van der Waals surface area (Å²) in [6.07, 6.45) is 0.962. The van der Waals surface area contributed by atoms with Gasteiger partial charge in [-0.2, -0.15) is 0 Å². The summed E-state index contributed by atoms with van der Waals surface area (Å²) in [5, 5.41) is 2.89. The summed E-state index contributed by atoms with van der Waals surface area (Å²) in [5.41, 5.74) is 2.11. The van der Waals surface area contributed by atoms with E-state index in [0.717, 1.165) is 31.7 Å². The van der Waals surface area contributed by atoms with Gasteiger partial charge in [0.2, 0.25) is 0 Å². The number of benzene rings is 1. The molecule has 120 valence electrons. The Morgan fingerprint density at radius 2 is 1.83 bits per heavy atom. The van der Waals surface area contributed by atoms with Crippen molar-refractivity contribution in [1.29, 1.82) is 0 Å². The number of aromatic nitrogens is 1. The molecule has 0 unspecified atom stereocenters. The molecule has 0 atom stereocenters. The molecule has 0 aliphatic carbocycles. The smallest absolute Gasteiger partial charge is 0.323 e. The molecule has 5 heteroatoms. The molecule has 2 heterocycles. The normalized spacial score (nSPS) is 15.2. The van der Waals surface area contributed by atoms with E-state index in [1.807, 2.05) is 48.2 Å². The SMILES string of the molecule is Cc1cccc(NC(=O)N2CCCN(c3ccccc3)CC2)n1. The van der Waals surface area contributed by atoms with Gasteiger partial charge in [0, 0.05) is 37.6 Å². The number of pyridine rings is 1. The number of amides is 2. The van der Waals surface area contributed by atoms with Gasteiger partial charge in [0.15, 0.2) is 0 Å². The highest BCUT2D eigenvalue weighted by molar-refractivity contribution is 5.88. The van der Waals surface area contributed by atoms with E-state index in [4.69, 9.17) is 0 Å². The highest BCUT2D eigenvalue weighted by Crippen LogP contribution is 2.16. The molecule has 1 aliphatic heterocycles. The minimum atomic E-state index is -0.0713. The third-order valence-electron chi connectivity index (χ3n) is 4.03. The minimum absolute atomic E-state index is 0.0713. The van der Waals surface area contributed by atoms with Crippen molar-refractivity contribution in [3.63, 3.8) is 0 Å². The van der Waals surface area contributed by atoms with Crippen LogP contribution in [-0.2, 0) is 0 Å². The van der Waals surface area contributed by atoms with E-state index in [0.29, 0.717) is 12.4 Å². The van der Waals surface area contributed by atoms with Crippen molar-refractivity contribution in [2.24, 2.45) is 0 Å². The van der Waals surface area contributed by atoms with Gasteiger partial charge < -0.3 is 9.80 Å². The predicted octanol–water partition coefficient (Wildman–Crippen LogP) is 3.13. The molecule has 1 fully saturated rings. The monoisotopic (exact) mass is 310 g/mol. The van der Waals surface area contributed by atoms with Gasteiger partial charge >= 0.3 is 6.03 Å². The van der Waals surface area contributed by atoms with Crippen LogP contribution < -0.4 is 10.2 Å². The van der Waals surface area contributed by atoms with E-state index in [1.54, 1.807) is 0 Å². The van der Waals surface area contributed by atoms with Gasteiger partial charge in [-0.1, -0.05) is 24.3 Å². The van der Waals surface area contributed by atoms with Crippen molar-refractivity contribution in [2.45, 2.75) is 13.3 Å². The van der Waals surface area contributed by atoms with Crippen molar-refractivity contribution in [2.75, 3.05) is 36.4 Å². The van der Waals surface area contributed by atoms with Crippen molar-refractivity contribution >= 4 is 17.5 Å². The van der Waals surface area contributed by atoms with E-state index in [2.05, 4.69) is 27.3 Å². The molecule has 1 N–H and O–H groups in total. The van der Waals surface area contributed by atoms with Crippen molar-refractivity contribution in [1.82, 2.24) is 9.88 Å². The lowest BCUT2D eigenvalue weighted by atomic mass is 10.3. The van der Waals surface area contributed by atoms with Crippen LogP contribution in [0.5, 0.6) is 0 Å². The van der Waals surface area contributed by atoms with Gasteiger partial charge in [-0.15, -0.1) is 0 Å². The first-order chi connectivity index (χ1) is 11.2. The number of urea groups is 1. The number of anilines is 2. The van der Waals surface area contributed by atoms with Crippen LogP contribution in [0.15, 0.2) is 48.5 Å². The van der Waals surface area contributed by atoms with Crippen LogP contribution in [0.3, 0.4) is 0 Å². The van der Waals surface area contributed by atoms with Gasteiger partial charge in [0.05, 0.1) is 0 Å². The van der Waals surface area contributed by atoms with Crippen LogP contribution in [-0.4, -0.2) is 42.1 Å². The lowest BCUT2D eigenvalue weighted by Crippen LogP contribution is -2.38. The molecule has 1 aromatic heterocycles. The Hall–Kier alpha value is -2.56. The Morgan fingerprint density at radius 1 is 1.00 bits per heavy atom. The summed E-state index contributed by atoms with van der Waals surface area (Å²) in [5.74, 6) is 0.610. The number of carbonyl (C=O) groups excluding carboxylic acids is 1. The second-order valence-corrected chi connectivity index (χ2v) is 5.76. The van der Waals surface area contributed by atoms with E-state index in [-0.39, 0.29) is 6.03 Å². The van der Waals surface area contributed by atoms with E-state index in [1.165, 1.54) is 5.69 Å². The second kappa shape index (κ2) is 7.13. The fraction of sp³-hybridized carbons (Fsp3) is 0.333. The Balaban J connectivity index is 1.60. The summed E-state index contributed by atoms with van der Waals surface area (Å²) >= 11 is 0. The van der Waals surface area contributed by atoms with Crippen molar-refractivity contribution in [3.8, 4) is 0 Å². The van der Waals surface area contributed by atoms with Crippen LogP contribution in [0.1, 0.15) is 12.1 Å². The quantitative estimate of drug-likeness (QED) is 0.927. The van der Waals surface area contributed by atoms with Gasteiger partial charge in [-0.25, -0.2) is 9.78 Å². The molecule has 5 nitrogen and oxygen atoms in total. The predicted molar refractivity (Wildman–Crippen MR) is 92.8 cm³/mol. The van der Waals surface area contributed by atoms with Crippen LogP contribution in [0.2, 0.25) is 0 Å². The molecular weight excluding hydrogens is 288 g/mol. The number of nitrogens with one attached hydrogen (secondary N) is 1. The number of nitrogens with zero attached hydrogens (tertiary/aromatic N) is 3. The molecule has 0 radical (unpaired) electrons. The lowest BCUT2D eigenvalue weighted by molar-refractivity contribution is 0.215. The third kappa shape index (κ3) is 4.00. The molecule has 0 spiro atoms. The molecule has 1 saturated heterocycles. The molecule has 3 rings (SSSR count). The molecule has 0 bridgehead atoms. The highest BCUT2D eigenvalue weighted by atomic mass is 16.2. The summed E-state index contributed by atoms with van der Waals surface area (Å²) in [4.78, 5) is 21.0. The zero-order valence-electron chi connectivity index (χ0n) is 13.4. The summed E-state index contributed by atoms with van der Waals surface area (Å²) in [6.45, 7) is 5.21. The van der Waals surface area contributed by atoms with Gasteiger partial charge in [0.25, 0.3) is 0 Å². The van der Waals surface area contributed by atoms with Crippen LogP contribution in [0, 0.1) is 6.92 Å². The van der Waals surface area contributed by atoms with Crippen molar-refractivity contribution < 1.29 is 4.79 Å².